The molecule has 1 aromatic heterocycles. The van der Waals surface area contributed by atoms with E-state index in [0.717, 1.165) is 16.4 Å². The van der Waals surface area contributed by atoms with Gasteiger partial charge in [0.1, 0.15) is 0 Å². The second-order valence-corrected chi connectivity index (χ2v) is 6.48. The van der Waals surface area contributed by atoms with Gasteiger partial charge in [0, 0.05) is 11.3 Å². The Kier molecular flexibility index (Phi) is 4.65. The van der Waals surface area contributed by atoms with Gasteiger partial charge in [-0.2, -0.15) is 0 Å². The molecule has 0 radical (unpaired) electrons. The molecule has 1 fully saturated rings. The quantitative estimate of drug-likeness (QED) is 0.911. The average Bonchev–Trinajstić information content (AvgIpc) is 2.97. The van der Waals surface area contributed by atoms with Gasteiger partial charge in [0.05, 0.1) is 12.1 Å². The number of benzene rings is 1. The standard InChI is InChI=1S/C17H20N2OS/c20-16(11-13-7-3-1-4-8-13)19-17-18-15(12-21-17)14-9-5-2-6-10-14/h1,3-4,7-8,12,14H,2,5-6,9-11H2,(H,18,19,20). The largest absolute Gasteiger partial charge is 0.302 e. The number of nitrogens with zero attached hydrogens (tertiary/aromatic N) is 1. The van der Waals surface area contributed by atoms with Crippen molar-refractivity contribution in [2.45, 2.75) is 44.4 Å². The van der Waals surface area contributed by atoms with Crippen LogP contribution in [0.5, 0.6) is 0 Å². The van der Waals surface area contributed by atoms with Crippen LogP contribution in [0.2, 0.25) is 0 Å². The van der Waals surface area contributed by atoms with Crippen molar-refractivity contribution in [3.8, 4) is 0 Å². The van der Waals surface area contributed by atoms with Gasteiger partial charge in [-0.05, 0) is 18.4 Å². The van der Waals surface area contributed by atoms with E-state index >= 15 is 0 Å². The molecule has 1 N–H and O–H groups in total. The highest BCUT2D eigenvalue weighted by Gasteiger charge is 2.18. The highest BCUT2D eigenvalue weighted by atomic mass is 32.1. The van der Waals surface area contributed by atoms with Crippen LogP contribution in [0, 0.1) is 0 Å². The molecule has 2 aromatic rings. The Bertz CT molecular complexity index is 588. The summed E-state index contributed by atoms with van der Waals surface area (Å²) in [5.74, 6) is 0.598. The maximum absolute atomic E-state index is 12.0. The Labute approximate surface area is 129 Å². The molecule has 0 spiro atoms. The normalized spacial score (nSPS) is 15.8. The maximum atomic E-state index is 12.0. The topological polar surface area (TPSA) is 42.0 Å². The lowest BCUT2D eigenvalue weighted by molar-refractivity contribution is -0.115. The van der Waals surface area contributed by atoms with Crippen LogP contribution in [-0.4, -0.2) is 10.9 Å². The first-order valence-electron chi connectivity index (χ1n) is 7.60. The molecule has 3 nitrogen and oxygen atoms in total. The van der Waals surface area contributed by atoms with E-state index in [-0.39, 0.29) is 5.91 Å². The van der Waals surface area contributed by atoms with Gasteiger partial charge >= 0.3 is 0 Å². The molecule has 1 saturated carbocycles. The molecule has 0 unspecified atom stereocenters. The summed E-state index contributed by atoms with van der Waals surface area (Å²) in [5, 5.41) is 5.76. The fourth-order valence-corrected chi connectivity index (χ4v) is 3.68. The summed E-state index contributed by atoms with van der Waals surface area (Å²) in [6.45, 7) is 0. The lowest BCUT2D eigenvalue weighted by Gasteiger charge is -2.19. The molecule has 1 aliphatic carbocycles. The van der Waals surface area contributed by atoms with Gasteiger partial charge < -0.3 is 5.32 Å². The van der Waals surface area contributed by atoms with E-state index in [0.29, 0.717) is 12.3 Å². The highest BCUT2D eigenvalue weighted by Crippen LogP contribution is 2.34. The number of thiazole rings is 1. The summed E-state index contributed by atoms with van der Waals surface area (Å²) in [6, 6.07) is 9.79. The first-order valence-corrected chi connectivity index (χ1v) is 8.48. The smallest absolute Gasteiger partial charge is 0.230 e. The first-order chi connectivity index (χ1) is 10.3. The van der Waals surface area contributed by atoms with Crippen molar-refractivity contribution in [1.29, 1.82) is 0 Å². The Morgan fingerprint density at radius 1 is 1.19 bits per heavy atom. The zero-order valence-corrected chi connectivity index (χ0v) is 12.9. The second kappa shape index (κ2) is 6.85. The summed E-state index contributed by atoms with van der Waals surface area (Å²) < 4.78 is 0. The van der Waals surface area contributed by atoms with E-state index in [2.05, 4.69) is 15.7 Å². The van der Waals surface area contributed by atoms with Crippen molar-refractivity contribution in [3.05, 3.63) is 47.0 Å². The summed E-state index contributed by atoms with van der Waals surface area (Å²) in [6.07, 6.45) is 6.83. The number of amides is 1. The minimum absolute atomic E-state index is 0.00532. The number of carbonyl (C=O) groups is 1. The number of hydrogen-bond donors (Lipinski definition) is 1. The predicted octanol–water partition coefficient (Wildman–Crippen LogP) is 4.37. The molecule has 1 aliphatic rings. The Morgan fingerprint density at radius 3 is 2.71 bits per heavy atom. The third-order valence-electron chi connectivity index (χ3n) is 4.00. The molecule has 0 aliphatic heterocycles. The van der Waals surface area contributed by atoms with E-state index in [4.69, 9.17) is 0 Å². The molecule has 4 heteroatoms. The second-order valence-electron chi connectivity index (χ2n) is 5.62. The third kappa shape index (κ3) is 3.91. The molecule has 0 atom stereocenters. The zero-order valence-electron chi connectivity index (χ0n) is 12.0. The number of rotatable bonds is 4. The summed E-state index contributed by atoms with van der Waals surface area (Å²) in [5.41, 5.74) is 2.19. The van der Waals surface area contributed by atoms with Crippen LogP contribution >= 0.6 is 11.3 Å². The lowest BCUT2D eigenvalue weighted by atomic mass is 9.87. The summed E-state index contributed by atoms with van der Waals surface area (Å²) in [7, 11) is 0. The third-order valence-corrected chi connectivity index (χ3v) is 4.78. The molecular weight excluding hydrogens is 280 g/mol. The summed E-state index contributed by atoms with van der Waals surface area (Å²) >= 11 is 1.54. The molecular formula is C17H20N2OS. The van der Waals surface area contributed by atoms with E-state index in [1.54, 1.807) is 0 Å². The van der Waals surface area contributed by atoms with E-state index < -0.39 is 0 Å². The van der Waals surface area contributed by atoms with Crippen LogP contribution < -0.4 is 5.32 Å². The average molecular weight is 300 g/mol. The molecule has 21 heavy (non-hydrogen) atoms. The molecule has 0 saturated heterocycles. The molecule has 110 valence electrons. The van der Waals surface area contributed by atoms with Crippen molar-refractivity contribution < 1.29 is 4.79 Å². The van der Waals surface area contributed by atoms with Crippen molar-refractivity contribution in [2.24, 2.45) is 0 Å². The van der Waals surface area contributed by atoms with E-state index in [9.17, 15) is 4.79 Å². The van der Waals surface area contributed by atoms with Crippen molar-refractivity contribution in [3.63, 3.8) is 0 Å². The lowest BCUT2D eigenvalue weighted by Crippen LogP contribution is -2.14. The van der Waals surface area contributed by atoms with Crippen LogP contribution in [0.15, 0.2) is 35.7 Å². The number of anilines is 1. The van der Waals surface area contributed by atoms with E-state index in [1.807, 2.05) is 30.3 Å². The van der Waals surface area contributed by atoms with Crippen molar-refractivity contribution in [2.75, 3.05) is 5.32 Å². The predicted molar refractivity (Wildman–Crippen MR) is 86.7 cm³/mol. The van der Waals surface area contributed by atoms with Gasteiger partial charge in [-0.15, -0.1) is 11.3 Å². The molecule has 1 heterocycles. The van der Waals surface area contributed by atoms with Gasteiger partial charge in [0.15, 0.2) is 5.13 Å². The fraction of sp³-hybridized carbons (Fsp3) is 0.412. The van der Waals surface area contributed by atoms with Gasteiger partial charge in [-0.1, -0.05) is 49.6 Å². The minimum Gasteiger partial charge on any atom is -0.302 e. The fourth-order valence-electron chi connectivity index (χ4n) is 2.87. The zero-order chi connectivity index (χ0) is 14.5. The number of aromatic nitrogens is 1. The van der Waals surface area contributed by atoms with Crippen LogP contribution in [-0.2, 0) is 11.2 Å². The van der Waals surface area contributed by atoms with Crippen LogP contribution in [0.3, 0.4) is 0 Å². The maximum Gasteiger partial charge on any atom is 0.230 e. The number of nitrogens with one attached hydrogen (secondary N) is 1. The Balaban J connectivity index is 1.57. The number of carbonyl (C=O) groups excluding carboxylic acids is 1. The Morgan fingerprint density at radius 2 is 1.95 bits per heavy atom. The number of hydrogen-bond acceptors (Lipinski definition) is 3. The highest BCUT2D eigenvalue weighted by molar-refractivity contribution is 7.13. The van der Waals surface area contributed by atoms with Gasteiger partial charge in [0.25, 0.3) is 0 Å². The molecule has 1 aromatic carbocycles. The molecule has 1 amide bonds. The van der Waals surface area contributed by atoms with E-state index in [1.165, 1.54) is 43.4 Å². The van der Waals surface area contributed by atoms with Crippen LogP contribution in [0.4, 0.5) is 5.13 Å². The Hall–Kier alpha value is -1.68. The summed E-state index contributed by atoms with van der Waals surface area (Å²) in [4.78, 5) is 16.6. The van der Waals surface area contributed by atoms with Crippen LogP contribution in [0.25, 0.3) is 0 Å². The molecule has 3 rings (SSSR count). The molecule has 0 bridgehead atoms. The minimum atomic E-state index is 0.00532. The van der Waals surface area contributed by atoms with Gasteiger partial charge in [0.2, 0.25) is 5.91 Å². The first kappa shape index (κ1) is 14.3. The van der Waals surface area contributed by atoms with Crippen molar-refractivity contribution in [1.82, 2.24) is 4.98 Å². The van der Waals surface area contributed by atoms with Crippen molar-refractivity contribution >= 4 is 22.4 Å². The monoisotopic (exact) mass is 300 g/mol. The van der Waals surface area contributed by atoms with Crippen LogP contribution in [0.1, 0.15) is 49.3 Å². The SMILES string of the molecule is O=C(Cc1ccccc1)Nc1nc(C2CCCCC2)cs1. The van der Waals surface area contributed by atoms with Gasteiger partial charge in [-0.25, -0.2) is 4.98 Å². The van der Waals surface area contributed by atoms with Gasteiger partial charge in [-0.3, -0.25) is 4.79 Å².